The van der Waals surface area contributed by atoms with Crippen molar-refractivity contribution in [2.75, 3.05) is 7.05 Å². The first-order chi connectivity index (χ1) is 10.9. The number of hydrogen-bond acceptors (Lipinski definition) is 2. The molecule has 4 nitrogen and oxygen atoms in total. The molecule has 1 amide bonds. The van der Waals surface area contributed by atoms with Gasteiger partial charge in [-0.1, -0.05) is 0 Å². The minimum Gasteiger partial charge on any atom is -0.355 e. The lowest BCUT2D eigenvalue weighted by Gasteiger charge is -2.06. The lowest BCUT2D eigenvalue weighted by molar-refractivity contribution is 0.0958. The molecule has 118 valence electrons. The largest absolute Gasteiger partial charge is 0.355 e. The fraction of sp³-hybridized carbons (Fsp3) is 0.176. The van der Waals surface area contributed by atoms with E-state index >= 15 is 0 Å². The average Bonchev–Trinajstić information content (AvgIpc) is 2.84. The fourth-order valence-corrected chi connectivity index (χ4v) is 2.56. The van der Waals surface area contributed by atoms with Gasteiger partial charge in [-0.05, 0) is 43.7 Å². The lowest BCUT2D eigenvalue weighted by Crippen LogP contribution is -2.19. The van der Waals surface area contributed by atoms with Crippen molar-refractivity contribution in [2.24, 2.45) is 0 Å². The van der Waals surface area contributed by atoms with Gasteiger partial charge in [-0.3, -0.25) is 4.79 Å². The summed E-state index contributed by atoms with van der Waals surface area (Å²) >= 11 is 0. The summed E-state index contributed by atoms with van der Waals surface area (Å²) < 4.78 is 30.4. The Hall–Kier alpha value is -2.76. The summed E-state index contributed by atoms with van der Waals surface area (Å²) in [7, 11) is 1.36. The standard InChI is InChI=1S/C17H15F2N3O/c1-9-4-5-22-10(2)16(21-15(22)6-9)11-7-14(19)12(8-13(11)18)17(23)20-3/h4-8H,1-3H3,(H,20,23). The smallest absolute Gasteiger partial charge is 0.254 e. The van der Waals surface area contributed by atoms with Crippen molar-refractivity contribution in [1.29, 1.82) is 0 Å². The second-order valence-corrected chi connectivity index (χ2v) is 5.37. The molecule has 0 bridgehead atoms. The maximum absolute atomic E-state index is 14.4. The summed E-state index contributed by atoms with van der Waals surface area (Å²) in [5.41, 5.74) is 2.45. The van der Waals surface area contributed by atoms with Crippen LogP contribution in [0.4, 0.5) is 8.78 Å². The van der Waals surface area contributed by atoms with Gasteiger partial charge in [0, 0.05) is 24.5 Å². The molecular weight excluding hydrogens is 300 g/mol. The third kappa shape index (κ3) is 2.46. The zero-order valence-corrected chi connectivity index (χ0v) is 12.9. The molecule has 0 aliphatic heterocycles. The van der Waals surface area contributed by atoms with E-state index in [1.807, 2.05) is 29.7 Å². The first-order valence-corrected chi connectivity index (χ1v) is 7.09. The van der Waals surface area contributed by atoms with Crippen molar-refractivity contribution >= 4 is 11.6 Å². The van der Waals surface area contributed by atoms with Crippen molar-refractivity contribution in [3.8, 4) is 11.3 Å². The van der Waals surface area contributed by atoms with E-state index in [4.69, 9.17) is 0 Å². The molecule has 1 aromatic carbocycles. The van der Waals surface area contributed by atoms with Crippen LogP contribution in [0.25, 0.3) is 16.9 Å². The maximum atomic E-state index is 14.4. The molecular formula is C17H15F2N3O. The lowest BCUT2D eigenvalue weighted by atomic mass is 10.1. The fourth-order valence-electron chi connectivity index (χ4n) is 2.56. The molecule has 6 heteroatoms. The predicted molar refractivity (Wildman–Crippen MR) is 83.4 cm³/mol. The van der Waals surface area contributed by atoms with Crippen LogP contribution in [0.15, 0.2) is 30.5 Å². The highest BCUT2D eigenvalue weighted by Gasteiger charge is 2.19. The summed E-state index contributed by atoms with van der Waals surface area (Å²) in [6.45, 7) is 3.72. The molecule has 23 heavy (non-hydrogen) atoms. The quantitative estimate of drug-likeness (QED) is 0.789. The van der Waals surface area contributed by atoms with Gasteiger partial charge in [0.25, 0.3) is 5.91 Å². The Balaban J connectivity index is 2.21. The van der Waals surface area contributed by atoms with Crippen LogP contribution in [0, 0.1) is 25.5 Å². The third-order valence-corrected chi connectivity index (χ3v) is 3.80. The predicted octanol–water partition coefficient (Wildman–Crippen LogP) is 3.26. The summed E-state index contributed by atoms with van der Waals surface area (Å²) in [5.74, 6) is -2.14. The molecule has 2 aromatic heterocycles. The van der Waals surface area contributed by atoms with Gasteiger partial charge in [0.15, 0.2) is 0 Å². The number of carbonyl (C=O) groups is 1. The van der Waals surface area contributed by atoms with E-state index in [1.54, 1.807) is 6.92 Å². The highest BCUT2D eigenvalue weighted by atomic mass is 19.1. The summed E-state index contributed by atoms with van der Waals surface area (Å²) in [4.78, 5) is 15.9. The number of pyridine rings is 1. The maximum Gasteiger partial charge on any atom is 0.254 e. The Morgan fingerprint density at radius 2 is 1.91 bits per heavy atom. The molecule has 0 aliphatic carbocycles. The van der Waals surface area contributed by atoms with Crippen LogP contribution in [-0.4, -0.2) is 22.3 Å². The van der Waals surface area contributed by atoms with Crippen molar-refractivity contribution in [3.63, 3.8) is 0 Å². The molecule has 0 atom stereocenters. The number of hydrogen-bond donors (Lipinski definition) is 1. The zero-order valence-electron chi connectivity index (χ0n) is 12.9. The molecule has 3 rings (SSSR count). The Kier molecular flexibility index (Phi) is 3.60. The molecule has 0 saturated heterocycles. The summed E-state index contributed by atoms with van der Waals surface area (Å²) in [5, 5.41) is 2.28. The minimum absolute atomic E-state index is 0.0361. The van der Waals surface area contributed by atoms with Crippen LogP contribution in [0.2, 0.25) is 0 Å². The van der Waals surface area contributed by atoms with Crippen LogP contribution in [-0.2, 0) is 0 Å². The van der Waals surface area contributed by atoms with Gasteiger partial charge < -0.3 is 9.72 Å². The first-order valence-electron chi connectivity index (χ1n) is 7.09. The average molecular weight is 315 g/mol. The molecule has 2 heterocycles. The number of rotatable bonds is 2. The Bertz CT molecular complexity index is 931. The van der Waals surface area contributed by atoms with E-state index < -0.39 is 17.5 Å². The molecule has 1 N–H and O–H groups in total. The van der Waals surface area contributed by atoms with Crippen molar-refractivity contribution in [3.05, 3.63) is 58.9 Å². The van der Waals surface area contributed by atoms with Crippen LogP contribution in [0.1, 0.15) is 21.6 Å². The van der Waals surface area contributed by atoms with Crippen LogP contribution in [0.3, 0.4) is 0 Å². The zero-order chi connectivity index (χ0) is 16.7. The monoisotopic (exact) mass is 315 g/mol. The van der Waals surface area contributed by atoms with Crippen LogP contribution < -0.4 is 5.32 Å². The number of imidazole rings is 1. The van der Waals surface area contributed by atoms with Gasteiger partial charge in [-0.25, -0.2) is 13.8 Å². The second kappa shape index (κ2) is 5.46. The van der Waals surface area contributed by atoms with Gasteiger partial charge >= 0.3 is 0 Å². The van der Waals surface area contributed by atoms with Crippen molar-refractivity contribution in [1.82, 2.24) is 14.7 Å². The number of fused-ring (bicyclic) bond motifs is 1. The third-order valence-electron chi connectivity index (χ3n) is 3.80. The number of halogens is 2. The second-order valence-electron chi connectivity index (χ2n) is 5.37. The SMILES string of the molecule is CNC(=O)c1cc(F)c(-c2nc3cc(C)ccn3c2C)cc1F. The summed E-state index contributed by atoms with van der Waals surface area (Å²) in [6, 6.07) is 5.69. The van der Waals surface area contributed by atoms with E-state index in [1.165, 1.54) is 7.05 Å². The molecule has 0 fully saturated rings. The normalized spacial score (nSPS) is 11.0. The molecule has 0 unspecified atom stereocenters. The molecule has 0 radical (unpaired) electrons. The molecule has 0 spiro atoms. The number of aromatic nitrogens is 2. The van der Waals surface area contributed by atoms with E-state index in [0.29, 0.717) is 17.0 Å². The molecule has 0 saturated carbocycles. The Morgan fingerprint density at radius 3 is 2.61 bits per heavy atom. The van der Waals surface area contributed by atoms with Gasteiger partial charge in [-0.15, -0.1) is 0 Å². The van der Waals surface area contributed by atoms with E-state index in [0.717, 1.165) is 17.7 Å². The van der Waals surface area contributed by atoms with Crippen molar-refractivity contribution in [2.45, 2.75) is 13.8 Å². The number of aryl methyl sites for hydroxylation is 2. The molecule has 0 aliphatic rings. The van der Waals surface area contributed by atoms with Crippen LogP contribution >= 0.6 is 0 Å². The Morgan fingerprint density at radius 1 is 1.17 bits per heavy atom. The summed E-state index contributed by atoms with van der Waals surface area (Å²) in [6.07, 6.45) is 1.84. The molecule has 3 aromatic rings. The van der Waals surface area contributed by atoms with E-state index in [2.05, 4.69) is 10.3 Å². The first kappa shape index (κ1) is 15.1. The van der Waals surface area contributed by atoms with Gasteiger partial charge in [0.1, 0.15) is 17.3 Å². The van der Waals surface area contributed by atoms with Gasteiger partial charge in [0.05, 0.1) is 11.3 Å². The highest BCUT2D eigenvalue weighted by Crippen LogP contribution is 2.28. The highest BCUT2D eigenvalue weighted by molar-refractivity contribution is 5.94. The van der Waals surface area contributed by atoms with Gasteiger partial charge in [0.2, 0.25) is 0 Å². The number of nitrogens with one attached hydrogen (secondary N) is 1. The van der Waals surface area contributed by atoms with Crippen molar-refractivity contribution < 1.29 is 13.6 Å². The number of amides is 1. The Labute approximate surface area is 131 Å². The number of nitrogens with zero attached hydrogens (tertiary/aromatic N) is 2. The number of carbonyl (C=O) groups excluding carboxylic acids is 1. The van der Waals surface area contributed by atoms with Gasteiger partial charge in [-0.2, -0.15) is 0 Å². The van der Waals surface area contributed by atoms with E-state index in [9.17, 15) is 13.6 Å². The van der Waals surface area contributed by atoms with Crippen LogP contribution in [0.5, 0.6) is 0 Å². The van der Waals surface area contributed by atoms with E-state index in [-0.39, 0.29) is 11.1 Å². The topological polar surface area (TPSA) is 46.4 Å². The minimum atomic E-state index is -0.784. The number of benzene rings is 1.